The highest BCUT2D eigenvalue weighted by molar-refractivity contribution is 7.89. The number of rotatable bonds is 7. The van der Waals surface area contributed by atoms with Crippen LogP contribution in [0.3, 0.4) is 0 Å². The Morgan fingerprint density at radius 1 is 1.13 bits per heavy atom. The third kappa shape index (κ3) is 4.67. The van der Waals surface area contributed by atoms with Gasteiger partial charge in [0.25, 0.3) is 0 Å². The van der Waals surface area contributed by atoms with E-state index < -0.39 is 10.0 Å². The standard InChI is InChI=1S/C16H19FN2O3S/c1-19(2)23(20,21)16-8-6-15(7-9-16)22-11-10-18-14-5-3-4-13(17)12-14/h3-9,12,18H,10-11H2,1-2H3. The van der Waals surface area contributed by atoms with Gasteiger partial charge < -0.3 is 10.1 Å². The van der Waals surface area contributed by atoms with E-state index in [9.17, 15) is 12.8 Å². The Hall–Kier alpha value is -2.12. The van der Waals surface area contributed by atoms with Crippen LogP contribution in [0, 0.1) is 5.82 Å². The van der Waals surface area contributed by atoms with Gasteiger partial charge in [-0.25, -0.2) is 17.1 Å². The molecule has 0 radical (unpaired) electrons. The Labute approximate surface area is 135 Å². The second kappa shape index (κ2) is 7.43. The van der Waals surface area contributed by atoms with E-state index in [0.717, 1.165) is 4.31 Å². The van der Waals surface area contributed by atoms with Gasteiger partial charge in [-0.1, -0.05) is 6.07 Å². The Kier molecular flexibility index (Phi) is 5.57. The third-order valence-electron chi connectivity index (χ3n) is 3.13. The fourth-order valence-electron chi connectivity index (χ4n) is 1.88. The molecule has 0 fully saturated rings. The molecule has 2 rings (SSSR count). The first-order chi connectivity index (χ1) is 10.9. The van der Waals surface area contributed by atoms with Crippen LogP contribution in [0.2, 0.25) is 0 Å². The molecule has 0 unspecified atom stereocenters. The summed E-state index contributed by atoms with van der Waals surface area (Å²) in [5.74, 6) is 0.275. The van der Waals surface area contributed by atoms with E-state index in [1.165, 1.54) is 38.4 Å². The largest absolute Gasteiger partial charge is 0.492 e. The van der Waals surface area contributed by atoms with Crippen LogP contribution in [0.5, 0.6) is 5.75 Å². The second-order valence-corrected chi connectivity index (χ2v) is 7.20. The predicted octanol–water partition coefficient (Wildman–Crippen LogP) is 2.57. The Morgan fingerprint density at radius 3 is 2.43 bits per heavy atom. The second-order valence-electron chi connectivity index (χ2n) is 5.04. The highest BCUT2D eigenvalue weighted by Gasteiger charge is 2.16. The van der Waals surface area contributed by atoms with Crippen LogP contribution in [0.15, 0.2) is 53.4 Å². The van der Waals surface area contributed by atoms with Crippen LogP contribution in [0.1, 0.15) is 0 Å². The quantitative estimate of drug-likeness (QED) is 0.788. The predicted molar refractivity (Wildman–Crippen MR) is 87.7 cm³/mol. The van der Waals surface area contributed by atoms with Crippen molar-refractivity contribution in [3.63, 3.8) is 0 Å². The van der Waals surface area contributed by atoms with Crippen molar-refractivity contribution >= 4 is 15.7 Å². The fourth-order valence-corrected chi connectivity index (χ4v) is 2.78. The fraction of sp³-hybridized carbons (Fsp3) is 0.250. The average molecular weight is 338 g/mol. The summed E-state index contributed by atoms with van der Waals surface area (Å²) in [4.78, 5) is 0.215. The van der Waals surface area contributed by atoms with Crippen molar-refractivity contribution in [3.05, 3.63) is 54.3 Å². The number of nitrogens with zero attached hydrogens (tertiary/aromatic N) is 1. The van der Waals surface area contributed by atoms with Crippen molar-refractivity contribution in [2.24, 2.45) is 0 Å². The number of sulfonamides is 1. The van der Waals surface area contributed by atoms with Gasteiger partial charge in [0.05, 0.1) is 4.90 Å². The van der Waals surface area contributed by atoms with E-state index >= 15 is 0 Å². The van der Waals surface area contributed by atoms with Gasteiger partial charge in [-0.15, -0.1) is 0 Å². The van der Waals surface area contributed by atoms with Crippen molar-refractivity contribution in [1.82, 2.24) is 4.31 Å². The van der Waals surface area contributed by atoms with E-state index in [4.69, 9.17) is 4.74 Å². The lowest BCUT2D eigenvalue weighted by molar-refractivity contribution is 0.332. The third-order valence-corrected chi connectivity index (χ3v) is 4.96. The molecule has 0 saturated carbocycles. The zero-order chi connectivity index (χ0) is 16.9. The van der Waals surface area contributed by atoms with Gasteiger partial charge in [0.15, 0.2) is 0 Å². The summed E-state index contributed by atoms with van der Waals surface area (Å²) in [6.45, 7) is 0.873. The highest BCUT2D eigenvalue weighted by Crippen LogP contribution is 2.18. The van der Waals surface area contributed by atoms with Crippen LogP contribution in [0.25, 0.3) is 0 Å². The maximum absolute atomic E-state index is 13.0. The van der Waals surface area contributed by atoms with E-state index in [-0.39, 0.29) is 10.7 Å². The molecule has 0 spiro atoms. The van der Waals surface area contributed by atoms with Crippen LogP contribution in [0.4, 0.5) is 10.1 Å². The first-order valence-corrected chi connectivity index (χ1v) is 8.48. The van der Waals surface area contributed by atoms with E-state index in [0.29, 0.717) is 24.6 Å². The summed E-state index contributed by atoms with van der Waals surface area (Å²) in [5, 5.41) is 3.04. The molecule has 2 aromatic carbocycles. The summed E-state index contributed by atoms with van der Waals surface area (Å²) in [7, 11) is -0.461. The molecule has 1 N–H and O–H groups in total. The molecule has 0 aliphatic heterocycles. The van der Waals surface area contributed by atoms with Gasteiger partial charge in [0.2, 0.25) is 10.0 Å². The summed E-state index contributed by atoms with van der Waals surface area (Å²) in [6.07, 6.45) is 0. The van der Waals surface area contributed by atoms with E-state index in [1.807, 2.05) is 0 Å². The van der Waals surface area contributed by atoms with Crippen molar-refractivity contribution in [2.75, 3.05) is 32.6 Å². The SMILES string of the molecule is CN(C)S(=O)(=O)c1ccc(OCCNc2cccc(F)c2)cc1. The van der Waals surface area contributed by atoms with E-state index in [2.05, 4.69) is 5.32 Å². The van der Waals surface area contributed by atoms with Crippen molar-refractivity contribution in [1.29, 1.82) is 0 Å². The minimum Gasteiger partial charge on any atom is -0.492 e. The molecule has 0 heterocycles. The van der Waals surface area contributed by atoms with Crippen molar-refractivity contribution in [3.8, 4) is 5.75 Å². The van der Waals surface area contributed by atoms with E-state index in [1.54, 1.807) is 24.3 Å². The zero-order valence-corrected chi connectivity index (χ0v) is 13.8. The lowest BCUT2D eigenvalue weighted by atomic mass is 10.3. The topological polar surface area (TPSA) is 58.6 Å². The smallest absolute Gasteiger partial charge is 0.242 e. The lowest BCUT2D eigenvalue weighted by Crippen LogP contribution is -2.22. The molecule has 0 aromatic heterocycles. The maximum atomic E-state index is 13.0. The molecule has 0 saturated heterocycles. The highest BCUT2D eigenvalue weighted by atomic mass is 32.2. The first-order valence-electron chi connectivity index (χ1n) is 7.04. The lowest BCUT2D eigenvalue weighted by Gasteiger charge is -2.12. The molecule has 5 nitrogen and oxygen atoms in total. The normalized spacial score (nSPS) is 11.5. The summed E-state index contributed by atoms with van der Waals surface area (Å²) in [6, 6.07) is 12.4. The molecule has 124 valence electrons. The van der Waals surface area contributed by atoms with Gasteiger partial charge in [-0.2, -0.15) is 0 Å². The van der Waals surface area contributed by atoms with Crippen LogP contribution in [-0.4, -0.2) is 40.0 Å². The van der Waals surface area contributed by atoms with Crippen LogP contribution in [-0.2, 0) is 10.0 Å². The minimum absolute atomic E-state index is 0.215. The molecule has 0 atom stereocenters. The number of hydrogen-bond acceptors (Lipinski definition) is 4. The summed E-state index contributed by atoms with van der Waals surface area (Å²) >= 11 is 0. The molecular formula is C16H19FN2O3S. The molecule has 2 aromatic rings. The van der Waals surface area contributed by atoms with Gasteiger partial charge in [-0.05, 0) is 42.5 Å². The monoisotopic (exact) mass is 338 g/mol. The van der Waals surface area contributed by atoms with Gasteiger partial charge >= 0.3 is 0 Å². The molecule has 0 amide bonds. The number of benzene rings is 2. The van der Waals surface area contributed by atoms with Crippen LogP contribution < -0.4 is 10.1 Å². The number of ether oxygens (including phenoxy) is 1. The van der Waals surface area contributed by atoms with Gasteiger partial charge in [0.1, 0.15) is 18.2 Å². The van der Waals surface area contributed by atoms with Gasteiger partial charge in [-0.3, -0.25) is 0 Å². The van der Waals surface area contributed by atoms with Crippen LogP contribution >= 0.6 is 0 Å². The molecule has 0 aliphatic carbocycles. The summed E-state index contributed by atoms with van der Waals surface area (Å²) in [5.41, 5.74) is 0.682. The average Bonchev–Trinajstić information content (AvgIpc) is 2.52. The van der Waals surface area contributed by atoms with Gasteiger partial charge in [0, 0.05) is 26.3 Å². The molecular weight excluding hydrogens is 319 g/mol. The number of nitrogens with one attached hydrogen (secondary N) is 1. The Morgan fingerprint density at radius 2 is 1.83 bits per heavy atom. The number of anilines is 1. The molecule has 0 bridgehead atoms. The minimum atomic E-state index is -3.43. The van der Waals surface area contributed by atoms with Crippen molar-refractivity contribution in [2.45, 2.75) is 4.90 Å². The number of hydrogen-bond donors (Lipinski definition) is 1. The summed E-state index contributed by atoms with van der Waals surface area (Å²) < 4.78 is 43.6. The Bertz CT molecular complexity index is 746. The van der Waals surface area contributed by atoms with Crippen molar-refractivity contribution < 1.29 is 17.5 Å². The zero-order valence-electron chi connectivity index (χ0n) is 13.0. The molecule has 7 heteroatoms. The maximum Gasteiger partial charge on any atom is 0.242 e. The Balaban J connectivity index is 1.85. The molecule has 0 aliphatic rings. The number of halogens is 1. The first kappa shape index (κ1) is 17.2. The molecule has 23 heavy (non-hydrogen) atoms.